The van der Waals surface area contributed by atoms with Crippen LogP contribution in [0.25, 0.3) is 0 Å². The van der Waals surface area contributed by atoms with Crippen molar-refractivity contribution in [3.8, 4) is 0 Å². The predicted octanol–water partition coefficient (Wildman–Crippen LogP) is 2.54. The summed E-state index contributed by atoms with van der Waals surface area (Å²) < 4.78 is 0.273. The molecule has 1 aromatic heterocycles. The number of anilines is 1. The van der Waals surface area contributed by atoms with Crippen molar-refractivity contribution in [1.29, 1.82) is 0 Å². The normalized spacial score (nSPS) is 24.6. The molecule has 0 bridgehead atoms. The molecule has 1 atom stereocenters. The molecule has 2 N–H and O–H groups in total. The van der Waals surface area contributed by atoms with E-state index >= 15 is 0 Å². The van der Waals surface area contributed by atoms with Crippen molar-refractivity contribution < 1.29 is 9.90 Å². The molecule has 0 aliphatic carbocycles. The van der Waals surface area contributed by atoms with Gasteiger partial charge in [-0.2, -0.15) is 11.8 Å². The van der Waals surface area contributed by atoms with E-state index in [0.29, 0.717) is 5.13 Å². The summed E-state index contributed by atoms with van der Waals surface area (Å²) >= 11 is 3.32. The van der Waals surface area contributed by atoms with E-state index in [4.69, 9.17) is 5.11 Å². The van der Waals surface area contributed by atoms with E-state index in [1.165, 1.54) is 29.9 Å². The van der Waals surface area contributed by atoms with Crippen molar-refractivity contribution in [1.82, 2.24) is 4.98 Å². The van der Waals surface area contributed by atoms with E-state index in [9.17, 15) is 4.79 Å². The van der Waals surface area contributed by atoms with Gasteiger partial charge in [-0.15, -0.1) is 11.3 Å². The maximum Gasteiger partial charge on any atom is 0.355 e. The molecule has 2 heterocycles. The first-order valence-corrected chi connectivity index (χ1v) is 7.02. The number of rotatable bonds is 4. The van der Waals surface area contributed by atoms with Crippen LogP contribution in [0.5, 0.6) is 0 Å². The van der Waals surface area contributed by atoms with Gasteiger partial charge >= 0.3 is 5.97 Å². The lowest BCUT2D eigenvalue weighted by atomic mass is 10.1. The number of carboxylic acids is 1. The number of thiazole rings is 1. The highest BCUT2D eigenvalue weighted by molar-refractivity contribution is 8.00. The second-order valence-electron chi connectivity index (χ2n) is 4.10. The summed E-state index contributed by atoms with van der Waals surface area (Å²) in [4.78, 5) is 14.7. The van der Waals surface area contributed by atoms with Gasteiger partial charge in [0.05, 0.1) is 0 Å². The zero-order chi connectivity index (χ0) is 11.6. The quantitative estimate of drug-likeness (QED) is 0.869. The minimum Gasteiger partial charge on any atom is -0.476 e. The maximum atomic E-state index is 10.7. The van der Waals surface area contributed by atoms with E-state index in [0.717, 1.165) is 6.54 Å². The Morgan fingerprint density at radius 2 is 2.56 bits per heavy atom. The Bertz CT molecular complexity index is 386. The Kier molecular flexibility index (Phi) is 3.39. The first-order valence-electron chi connectivity index (χ1n) is 5.16. The second-order valence-corrected chi connectivity index (χ2v) is 6.64. The smallest absolute Gasteiger partial charge is 0.355 e. The minimum atomic E-state index is -0.967. The van der Waals surface area contributed by atoms with E-state index in [2.05, 4.69) is 17.2 Å². The van der Waals surface area contributed by atoms with E-state index in [1.54, 1.807) is 5.38 Å². The van der Waals surface area contributed by atoms with Crippen LogP contribution < -0.4 is 5.32 Å². The SMILES string of the molecule is CC1(CNc2nc(C(=O)O)cs2)CCCS1. The third kappa shape index (κ3) is 2.68. The van der Waals surface area contributed by atoms with Gasteiger partial charge in [0.25, 0.3) is 0 Å². The van der Waals surface area contributed by atoms with Crippen molar-refractivity contribution in [3.63, 3.8) is 0 Å². The molecule has 0 spiro atoms. The van der Waals surface area contributed by atoms with Gasteiger partial charge in [-0.1, -0.05) is 0 Å². The summed E-state index contributed by atoms with van der Waals surface area (Å²) in [5, 5.41) is 14.2. The highest BCUT2D eigenvalue weighted by Gasteiger charge is 2.29. The van der Waals surface area contributed by atoms with Crippen molar-refractivity contribution in [2.24, 2.45) is 0 Å². The average molecular weight is 258 g/mol. The molecule has 0 aromatic carbocycles. The third-order valence-electron chi connectivity index (χ3n) is 2.64. The van der Waals surface area contributed by atoms with Crippen LogP contribution in [0.3, 0.4) is 0 Å². The molecule has 0 saturated carbocycles. The van der Waals surface area contributed by atoms with Gasteiger partial charge in [-0.3, -0.25) is 0 Å². The molecule has 0 radical (unpaired) electrons. The molecule has 1 unspecified atom stereocenters. The van der Waals surface area contributed by atoms with Crippen LogP contribution in [0.1, 0.15) is 30.3 Å². The monoisotopic (exact) mass is 258 g/mol. The number of hydrogen-bond acceptors (Lipinski definition) is 5. The number of carboxylic acid groups (broad SMARTS) is 1. The number of thioether (sulfide) groups is 1. The fraction of sp³-hybridized carbons (Fsp3) is 0.600. The molecule has 1 aromatic rings. The number of nitrogens with one attached hydrogen (secondary N) is 1. The van der Waals surface area contributed by atoms with E-state index < -0.39 is 5.97 Å². The topological polar surface area (TPSA) is 62.2 Å². The lowest BCUT2D eigenvalue weighted by Gasteiger charge is -2.22. The summed E-state index contributed by atoms with van der Waals surface area (Å²) in [5.74, 6) is 0.252. The van der Waals surface area contributed by atoms with Crippen molar-refractivity contribution >= 4 is 34.2 Å². The largest absolute Gasteiger partial charge is 0.476 e. The zero-order valence-corrected chi connectivity index (χ0v) is 10.7. The fourth-order valence-electron chi connectivity index (χ4n) is 1.69. The number of carbonyl (C=O) groups is 1. The molecular formula is C10H14N2O2S2. The highest BCUT2D eigenvalue weighted by atomic mass is 32.2. The van der Waals surface area contributed by atoms with Crippen molar-refractivity contribution in [2.45, 2.75) is 24.5 Å². The van der Waals surface area contributed by atoms with Crippen LogP contribution in [-0.4, -0.2) is 33.1 Å². The molecule has 1 saturated heterocycles. The van der Waals surface area contributed by atoms with Crippen molar-refractivity contribution in [2.75, 3.05) is 17.6 Å². The third-order valence-corrected chi connectivity index (χ3v) is 4.98. The standard InChI is InChI=1S/C10H14N2O2S2/c1-10(3-2-4-16-10)6-11-9-12-7(5-15-9)8(13)14/h5H,2-4,6H2,1H3,(H,11,12)(H,13,14). The number of hydrogen-bond donors (Lipinski definition) is 2. The van der Waals surface area contributed by atoms with E-state index in [1.807, 2.05) is 11.8 Å². The molecule has 1 aliphatic rings. The predicted molar refractivity (Wildman–Crippen MR) is 67.7 cm³/mol. The van der Waals surface area contributed by atoms with Gasteiger partial charge in [0.15, 0.2) is 10.8 Å². The molecule has 0 amide bonds. The number of nitrogens with zero attached hydrogens (tertiary/aromatic N) is 1. The second kappa shape index (κ2) is 4.63. The lowest BCUT2D eigenvalue weighted by molar-refractivity contribution is 0.0691. The van der Waals surface area contributed by atoms with Crippen LogP contribution in [0.4, 0.5) is 5.13 Å². The Hall–Kier alpha value is -0.750. The number of aromatic nitrogens is 1. The van der Waals surface area contributed by atoms with Crippen LogP contribution in [0, 0.1) is 0 Å². The summed E-state index contributed by atoms with van der Waals surface area (Å²) in [6.45, 7) is 3.09. The molecular weight excluding hydrogens is 244 g/mol. The Balaban J connectivity index is 1.91. The summed E-state index contributed by atoms with van der Waals surface area (Å²) in [6, 6.07) is 0. The molecule has 6 heteroatoms. The van der Waals surface area contributed by atoms with Gasteiger partial charge < -0.3 is 10.4 Å². The van der Waals surface area contributed by atoms with Gasteiger partial charge in [0.1, 0.15) is 0 Å². The first-order chi connectivity index (χ1) is 7.59. The Morgan fingerprint density at radius 3 is 3.12 bits per heavy atom. The van der Waals surface area contributed by atoms with E-state index in [-0.39, 0.29) is 10.4 Å². The maximum absolute atomic E-state index is 10.7. The van der Waals surface area contributed by atoms with Gasteiger partial charge in [0, 0.05) is 16.7 Å². The van der Waals surface area contributed by atoms with Gasteiger partial charge in [-0.05, 0) is 25.5 Å². The fourth-order valence-corrected chi connectivity index (χ4v) is 3.62. The van der Waals surface area contributed by atoms with Gasteiger partial charge in [-0.25, -0.2) is 9.78 Å². The summed E-state index contributed by atoms with van der Waals surface area (Å²) in [5.41, 5.74) is 0.122. The molecule has 2 rings (SSSR count). The van der Waals surface area contributed by atoms with Crippen LogP contribution in [0.15, 0.2) is 5.38 Å². The first kappa shape index (κ1) is 11.7. The highest BCUT2D eigenvalue weighted by Crippen LogP contribution is 2.37. The van der Waals surface area contributed by atoms with Crippen LogP contribution in [0.2, 0.25) is 0 Å². The zero-order valence-electron chi connectivity index (χ0n) is 9.02. The summed E-state index contributed by atoms with van der Waals surface area (Å²) in [7, 11) is 0. The Morgan fingerprint density at radius 1 is 1.75 bits per heavy atom. The average Bonchev–Trinajstić information content (AvgIpc) is 2.84. The number of aromatic carboxylic acids is 1. The lowest BCUT2D eigenvalue weighted by Crippen LogP contribution is -2.27. The molecule has 1 aliphatic heterocycles. The summed E-state index contributed by atoms with van der Waals surface area (Å²) in [6.07, 6.45) is 2.48. The Labute approximate surface area is 102 Å². The van der Waals surface area contributed by atoms with Crippen molar-refractivity contribution in [3.05, 3.63) is 11.1 Å². The van der Waals surface area contributed by atoms with Crippen LogP contribution in [-0.2, 0) is 0 Å². The molecule has 1 fully saturated rings. The van der Waals surface area contributed by atoms with Crippen LogP contribution >= 0.6 is 23.1 Å². The molecule has 16 heavy (non-hydrogen) atoms. The molecule has 4 nitrogen and oxygen atoms in total. The van der Waals surface area contributed by atoms with Gasteiger partial charge in [0.2, 0.25) is 0 Å². The minimum absolute atomic E-state index is 0.122. The molecule has 88 valence electrons.